The molecule has 0 aromatic heterocycles. The molecule has 2 nitrogen and oxygen atoms in total. The first kappa shape index (κ1) is 11.8. The maximum atomic E-state index is 13.3. The Bertz CT molecular complexity index is 328. The van der Waals surface area contributed by atoms with Crippen molar-refractivity contribution >= 4 is 5.69 Å². The molecule has 0 atom stereocenters. The zero-order chi connectivity index (χ0) is 11.4. The van der Waals surface area contributed by atoms with Gasteiger partial charge in [-0.3, -0.25) is 0 Å². The molecule has 0 unspecified atom stereocenters. The Morgan fingerprint density at radius 3 is 2.53 bits per heavy atom. The average molecular weight is 218 g/mol. The number of alkyl halides is 2. The van der Waals surface area contributed by atoms with Crippen LogP contribution in [0.3, 0.4) is 0 Å². The molecule has 0 bridgehead atoms. The molecule has 0 saturated carbocycles. The number of anilines is 1. The van der Waals surface area contributed by atoms with Gasteiger partial charge >= 0.3 is 0 Å². The molecular weight excluding hydrogens is 205 g/mol. The molecular formula is C10H13F3N2. The van der Waals surface area contributed by atoms with Crippen LogP contribution in [0, 0.1) is 5.82 Å². The summed E-state index contributed by atoms with van der Waals surface area (Å²) in [5.41, 5.74) is 6.08. The SMILES string of the molecule is CN(CC(F)F)c1ccc(CN)c(F)c1. The molecule has 5 heteroatoms. The number of rotatable bonds is 4. The summed E-state index contributed by atoms with van der Waals surface area (Å²) in [6.07, 6.45) is -2.44. The first-order valence-electron chi connectivity index (χ1n) is 4.52. The van der Waals surface area contributed by atoms with Gasteiger partial charge in [-0.1, -0.05) is 6.07 Å². The zero-order valence-electron chi connectivity index (χ0n) is 8.38. The molecule has 0 spiro atoms. The Kier molecular flexibility index (Phi) is 3.96. The van der Waals surface area contributed by atoms with E-state index in [2.05, 4.69) is 0 Å². The molecule has 0 heterocycles. The fourth-order valence-electron chi connectivity index (χ4n) is 1.25. The third-order valence-electron chi connectivity index (χ3n) is 2.11. The van der Waals surface area contributed by atoms with Gasteiger partial charge in [0, 0.05) is 24.8 Å². The van der Waals surface area contributed by atoms with Crippen LogP contribution in [0.15, 0.2) is 18.2 Å². The third kappa shape index (κ3) is 3.13. The van der Waals surface area contributed by atoms with Crippen molar-refractivity contribution in [3.05, 3.63) is 29.6 Å². The van der Waals surface area contributed by atoms with Gasteiger partial charge in [0.25, 0.3) is 6.43 Å². The second kappa shape index (κ2) is 5.02. The maximum absolute atomic E-state index is 13.3. The molecule has 1 rings (SSSR count). The van der Waals surface area contributed by atoms with E-state index in [1.165, 1.54) is 24.1 Å². The van der Waals surface area contributed by atoms with Crippen molar-refractivity contribution < 1.29 is 13.2 Å². The van der Waals surface area contributed by atoms with Gasteiger partial charge in [0.15, 0.2) is 0 Å². The smallest absolute Gasteiger partial charge is 0.255 e. The van der Waals surface area contributed by atoms with Gasteiger partial charge in [-0.2, -0.15) is 0 Å². The summed E-state index contributed by atoms with van der Waals surface area (Å²) >= 11 is 0. The molecule has 0 aliphatic rings. The minimum atomic E-state index is -2.44. The molecule has 0 saturated heterocycles. The van der Waals surface area contributed by atoms with Crippen LogP contribution in [0.4, 0.5) is 18.9 Å². The van der Waals surface area contributed by atoms with Gasteiger partial charge in [0.05, 0.1) is 6.54 Å². The van der Waals surface area contributed by atoms with Crippen LogP contribution in [-0.2, 0) is 6.54 Å². The van der Waals surface area contributed by atoms with Crippen molar-refractivity contribution in [2.24, 2.45) is 5.73 Å². The second-order valence-electron chi connectivity index (χ2n) is 3.25. The van der Waals surface area contributed by atoms with Crippen LogP contribution >= 0.6 is 0 Å². The average Bonchev–Trinajstić information content (AvgIpc) is 2.16. The Labute approximate surface area is 86.5 Å². The fraction of sp³-hybridized carbons (Fsp3) is 0.400. The van der Waals surface area contributed by atoms with Crippen LogP contribution in [0.1, 0.15) is 5.56 Å². The van der Waals surface area contributed by atoms with Crippen LogP contribution in [-0.4, -0.2) is 20.0 Å². The Morgan fingerprint density at radius 2 is 2.07 bits per heavy atom. The van der Waals surface area contributed by atoms with Gasteiger partial charge in [-0.25, -0.2) is 13.2 Å². The first-order valence-corrected chi connectivity index (χ1v) is 4.52. The number of benzene rings is 1. The van der Waals surface area contributed by atoms with Crippen LogP contribution in [0.2, 0.25) is 0 Å². The van der Waals surface area contributed by atoms with Crippen LogP contribution in [0.25, 0.3) is 0 Å². The Balaban J connectivity index is 2.82. The third-order valence-corrected chi connectivity index (χ3v) is 2.11. The molecule has 15 heavy (non-hydrogen) atoms. The van der Waals surface area contributed by atoms with E-state index >= 15 is 0 Å². The standard InChI is InChI=1S/C10H13F3N2/c1-15(6-10(12)13)8-3-2-7(5-14)9(11)4-8/h2-4,10H,5-6,14H2,1H3. The quantitative estimate of drug-likeness (QED) is 0.837. The lowest BCUT2D eigenvalue weighted by atomic mass is 10.2. The Hall–Kier alpha value is -1.23. The van der Waals surface area contributed by atoms with E-state index in [4.69, 9.17) is 5.73 Å². The molecule has 84 valence electrons. The lowest BCUT2D eigenvalue weighted by Gasteiger charge is -2.19. The van der Waals surface area contributed by atoms with Crippen LogP contribution < -0.4 is 10.6 Å². The van der Waals surface area contributed by atoms with E-state index in [0.29, 0.717) is 11.3 Å². The number of hydrogen-bond acceptors (Lipinski definition) is 2. The highest BCUT2D eigenvalue weighted by Crippen LogP contribution is 2.18. The van der Waals surface area contributed by atoms with Gasteiger partial charge in [0.2, 0.25) is 0 Å². The largest absolute Gasteiger partial charge is 0.369 e. The van der Waals surface area contributed by atoms with Crippen molar-refractivity contribution in [1.29, 1.82) is 0 Å². The van der Waals surface area contributed by atoms with Gasteiger partial charge < -0.3 is 10.6 Å². The minimum absolute atomic E-state index is 0.102. The van der Waals surface area contributed by atoms with Gasteiger partial charge in [-0.15, -0.1) is 0 Å². The number of nitrogens with two attached hydrogens (primary N) is 1. The van der Waals surface area contributed by atoms with Gasteiger partial charge in [-0.05, 0) is 12.1 Å². The van der Waals surface area contributed by atoms with Crippen molar-refractivity contribution in [2.75, 3.05) is 18.5 Å². The zero-order valence-corrected chi connectivity index (χ0v) is 8.38. The highest BCUT2D eigenvalue weighted by molar-refractivity contribution is 5.47. The summed E-state index contributed by atoms with van der Waals surface area (Å²) < 4.78 is 37.4. The van der Waals surface area contributed by atoms with E-state index in [1.54, 1.807) is 6.07 Å². The summed E-state index contributed by atoms with van der Waals surface area (Å²) in [5.74, 6) is -0.462. The topological polar surface area (TPSA) is 29.3 Å². The molecule has 0 radical (unpaired) electrons. The number of nitrogens with zero attached hydrogens (tertiary/aromatic N) is 1. The summed E-state index contributed by atoms with van der Waals surface area (Å²) in [6.45, 7) is -0.313. The normalized spacial score (nSPS) is 10.8. The molecule has 1 aromatic rings. The molecule has 1 aromatic carbocycles. The number of hydrogen-bond donors (Lipinski definition) is 1. The van der Waals surface area contributed by atoms with E-state index in [0.717, 1.165) is 0 Å². The molecule has 0 fully saturated rings. The highest BCUT2D eigenvalue weighted by atomic mass is 19.3. The molecule has 2 N–H and O–H groups in total. The lowest BCUT2D eigenvalue weighted by Crippen LogP contribution is -2.24. The van der Waals surface area contributed by atoms with Crippen molar-refractivity contribution in [2.45, 2.75) is 13.0 Å². The monoisotopic (exact) mass is 218 g/mol. The van der Waals surface area contributed by atoms with E-state index in [-0.39, 0.29) is 6.54 Å². The van der Waals surface area contributed by atoms with E-state index < -0.39 is 18.8 Å². The van der Waals surface area contributed by atoms with Crippen molar-refractivity contribution in [3.8, 4) is 0 Å². The van der Waals surface area contributed by atoms with E-state index in [1.807, 2.05) is 0 Å². The molecule has 0 aliphatic carbocycles. The summed E-state index contributed by atoms with van der Waals surface area (Å²) in [4.78, 5) is 1.30. The summed E-state index contributed by atoms with van der Waals surface area (Å²) in [5, 5.41) is 0. The van der Waals surface area contributed by atoms with Crippen molar-refractivity contribution in [1.82, 2.24) is 0 Å². The van der Waals surface area contributed by atoms with Crippen molar-refractivity contribution in [3.63, 3.8) is 0 Å². The van der Waals surface area contributed by atoms with E-state index in [9.17, 15) is 13.2 Å². The van der Waals surface area contributed by atoms with Crippen LogP contribution in [0.5, 0.6) is 0 Å². The fourth-order valence-corrected chi connectivity index (χ4v) is 1.25. The number of halogens is 3. The van der Waals surface area contributed by atoms with Gasteiger partial charge in [0.1, 0.15) is 5.82 Å². The second-order valence-corrected chi connectivity index (χ2v) is 3.25. The lowest BCUT2D eigenvalue weighted by molar-refractivity contribution is 0.156. The minimum Gasteiger partial charge on any atom is -0.369 e. The first-order chi connectivity index (χ1) is 7.04. The predicted molar refractivity (Wildman–Crippen MR) is 53.6 cm³/mol. The highest BCUT2D eigenvalue weighted by Gasteiger charge is 2.10. The predicted octanol–water partition coefficient (Wildman–Crippen LogP) is 1.99. The molecule has 0 aliphatic heterocycles. The summed E-state index contributed by atoms with van der Waals surface area (Å²) in [7, 11) is 1.49. The molecule has 0 amide bonds. The Morgan fingerprint density at radius 1 is 1.40 bits per heavy atom. The maximum Gasteiger partial charge on any atom is 0.255 e. The summed E-state index contributed by atoms with van der Waals surface area (Å²) in [6, 6.07) is 4.30.